The highest BCUT2D eigenvalue weighted by atomic mass is 35.5. The minimum atomic E-state index is -4.61. The molecule has 1 atom stereocenters. The molecular weight excluding hydrogens is 355 g/mol. The summed E-state index contributed by atoms with van der Waals surface area (Å²) in [5.74, 6) is -0.382. The van der Waals surface area contributed by atoms with Crippen LogP contribution in [0.3, 0.4) is 0 Å². The summed E-state index contributed by atoms with van der Waals surface area (Å²) in [6, 6.07) is 10.5. The number of alkyl halides is 3. The molecule has 3 aromatic rings. The Labute approximate surface area is 145 Å². The summed E-state index contributed by atoms with van der Waals surface area (Å²) in [5, 5.41) is 14.6. The van der Waals surface area contributed by atoms with Crippen molar-refractivity contribution < 1.29 is 13.2 Å². The zero-order valence-electron chi connectivity index (χ0n) is 12.8. The SMILES string of the molecule is FC(F)(F)c1nnc2ccc(NC(c3ccc(Cl)cc3)C3CC3)nn12. The molecule has 1 saturated carbocycles. The van der Waals surface area contributed by atoms with Crippen LogP contribution in [0.25, 0.3) is 5.65 Å². The van der Waals surface area contributed by atoms with Crippen LogP contribution in [0.2, 0.25) is 5.02 Å². The molecule has 0 aliphatic heterocycles. The topological polar surface area (TPSA) is 55.1 Å². The van der Waals surface area contributed by atoms with Gasteiger partial charge in [-0.3, -0.25) is 0 Å². The standard InChI is InChI=1S/C16H13ClF3N5/c17-11-5-3-10(4-6-11)14(9-1-2-9)21-12-7-8-13-22-23-15(16(18,19)20)25(13)24-12/h3-9,14H,1-2H2,(H,21,24). The van der Waals surface area contributed by atoms with Crippen molar-refractivity contribution in [3.05, 3.63) is 52.8 Å². The van der Waals surface area contributed by atoms with Crippen LogP contribution < -0.4 is 5.32 Å². The van der Waals surface area contributed by atoms with E-state index in [4.69, 9.17) is 11.6 Å². The van der Waals surface area contributed by atoms with E-state index in [0.717, 1.165) is 18.4 Å². The lowest BCUT2D eigenvalue weighted by Gasteiger charge is -2.19. The number of nitrogens with zero attached hydrogens (tertiary/aromatic N) is 4. The molecule has 25 heavy (non-hydrogen) atoms. The molecule has 9 heteroatoms. The molecule has 1 aromatic carbocycles. The van der Waals surface area contributed by atoms with Crippen molar-refractivity contribution in [3.8, 4) is 0 Å². The summed E-state index contributed by atoms with van der Waals surface area (Å²) in [7, 11) is 0. The van der Waals surface area contributed by atoms with Crippen LogP contribution in [-0.4, -0.2) is 19.8 Å². The summed E-state index contributed by atoms with van der Waals surface area (Å²) in [5.41, 5.74) is 1.07. The summed E-state index contributed by atoms with van der Waals surface area (Å²) < 4.78 is 39.7. The van der Waals surface area contributed by atoms with E-state index in [9.17, 15) is 13.2 Å². The molecule has 2 heterocycles. The van der Waals surface area contributed by atoms with E-state index in [0.29, 0.717) is 21.3 Å². The number of fused-ring (bicyclic) bond motifs is 1. The fraction of sp³-hybridized carbons (Fsp3) is 0.312. The first-order chi connectivity index (χ1) is 11.9. The van der Waals surface area contributed by atoms with Gasteiger partial charge in [-0.15, -0.1) is 15.3 Å². The minimum Gasteiger partial charge on any atom is -0.362 e. The summed E-state index contributed by atoms with van der Waals surface area (Å²) in [4.78, 5) is 0. The molecule has 5 nitrogen and oxygen atoms in total. The smallest absolute Gasteiger partial charge is 0.362 e. The molecule has 2 aromatic heterocycles. The molecule has 0 spiro atoms. The maximum atomic E-state index is 13.0. The van der Waals surface area contributed by atoms with Crippen LogP contribution >= 0.6 is 11.6 Å². The number of hydrogen-bond acceptors (Lipinski definition) is 4. The van der Waals surface area contributed by atoms with Gasteiger partial charge >= 0.3 is 6.18 Å². The zero-order chi connectivity index (χ0) is 17.6. The van der Waals surface area contributed by atoms with E-state index in [1.807, 2.05) is 12.1 Å². The Kier molecular flexibility index (Phi) is 3.79. The molecule has 0 saturated heterocycles. The third-order valence-electron chi connectivity index (χ3n) is 4.14. The Morgan fingerprint density at radius 3 is 2.44 bits per heavy atom. The van der Waals surface area contributed by atoms with Crippen LogP contribution in [0.5, 0.6) is 0 Å². The largest absolute Gasteiger partial charge is 0.453 e. The maximum absolute atomic E-state index is 13.0. The fourth-order valence-corrected chi connectivity index (χ4v) is 2.90. The first-order valence-electron chi connectivity index (χ1n) is 7.73. The Bertz CT molecular complexity index is 902. The van der Waals surface area contributed by atoms with Crippen LogP contribution in [0.4, 0.5) is 19.0 Å². The van der Waals surface area contributed by atoms with Crippen LogP contribution in [0, 0.1) is 5.92 Å². The molecule has 130 valence electrons. The third kappa shape index (κ3) is 3.26. The molecule has 1 aliphatic rings. The van der Waals surface area contributed by atoms with Crippen molar-refractivity contribution in [1.29, 1.82) is 0 Å². The number of nitrogens with one attached hydrogen (secondary N) is 1. The van der Waals surface area contributed by atoms with Crippen molar-refractivity contribution >= 4 is 23.1 Å². The molecule has 4 rings (SSSR count). The lowest BCUT2D eigenvalue weighted by molar-refractivity contribution is -0.146. The molecule has 1 N–H and O–H groups in total. The summed E-state index contributed by atoms with van der Waals surface area (Å²) in [6.45, 7) is 0. The van der Waals surface area contributed by atoms with Gasteiger partial charge in [0.25, 0.3) is 5.82 Å². The van der Waals surface area contributed by atoms with Crippen molar-refractivity contribution in [2.45, 2.75) is 25.1 Å². The average molecular weight is 368 g/mol. The van der Waals surface area contributed by atoms with E-state index in [1.165, 1.54) is 6.07 Å². The Hall–Kier alpha value is -2.35. The van der Waals surface area contributed by atoms with Crippen molar-refractivity contribution in [2.24, 2.45) is 5.92 Å². The highest BCUT2D eigenvalue weighted by molar-refractivity contribution is 6.30. The Morgan fingerprint density at radius 1 is 1.08 bits per heavy atom. The van der Waals surface area contributed by atoms with Gasteiger partial charge in [0.1, 0.15) is 5.82 Å². The number of anilines is 1. The maximum Gasteiger partial charge on any atom is 0.453 e. The van der Waals surface area contributed by atoms with Crippen LogP contribution in [-0.2, 0) is 6.18 Å². The molecule has 1 unspecified atom stereocenters. The number of hydrogen-bond donors (Lipinski definition) is 1. The van der Waals surface area contributed by atoms with E-state index >= 15 is 0 Å². The van der Waals surface area contributed by atoms with Gasteiger partial charge in [0, 0.05) is 5.02 Å². The molecule has 1 fully saturated rings. The average Bonchev–Trinajstić information content (AvgIpc) is 3.31. The van der Waals surface area contributed by atoms with Crippen molar-refractivity contribution in [2.75, 3.05) is 5.32 Å². The second kappa shape index (κ2) is 5.87. The first-order valence-corrected chi connectivity index (χ1v) is 8.11. The molecular formula is C16H13ClF3N5. The van der Waals surface area contributed by atoms with E-state index in [-0.39, 0.29) is 11.7 Å². The van der Waals surface area contributed by atoms with Gasteiger partial charge < -0.3 is 5.32 Å². The van der Waals surface area contributed by atoms with Crippen molar-refractivity contribution in [1.82, 2.24) is 19.8 Å². The number of halogens is 4. The number of aromatic nitrogens is 4. The summed E-state index contributed by atoms with van der Waals surface area (Å²) in [6.07, 6.45) is -2.50. The predicted octanol–water partition coefficient (Wildman–Crippen LogP) is 4.36. The second-order valence-electron chi connectivity index (χ2n) is 6.02. The van der Waals surface area contributed by atoms with Gasteiger partial charge in [-0.1, -0.05) is 23.7 Å². The first kappa shape index (κ1) is 16.1. The van der Waals surface area contributed by atoms with E-state index in [2.05, 4.69) is 20.6 Å². The molecule has 0 amide bonds. The van der Waals surface area contributed by atoms with Crippen LogP contribution in [0.15, 0.2) is 36.4 Å². The lowest BCUT2D eigenvalue weighted by atomic mass is 10.0. The second-order valence-corrected chi connectivity index (χ2v) is 6.46. The fourth-order valence-electron chi connectivity index (χ4n) is 2.77. The molecule has 1 aliphatic carbocycles. The van der Waals surface area contributed by atoms with E-state index in [1.54, 1.807) is 18.2 Å². The van der Waals surface area contributed by atoms with Gasteiger partial charge in [-0.2, -0.15) is 17.7 Å². The van der Waals surface area contributed by atoms with Gasteiger partial charge in [-0.25, -0.2) is 0 Å². The van der Waals surface area contributed by atoms with Gasteiger partial charge in [0.2, 0.25) is 0 Å². The van der Waals surface area contributed by atoms with E-state index < -0.39 is 12.0 Å². The summed E-state index contributed by atoms with van der Waals surface area (Å²) >= 11 is 5.93. The number of benzene rings is 1. The Morgan fingerprint density at radius 2 is 1.80 bits per heavy atom. The Balaban J connectivity index is 1.67. The normalized spacial score (nSPS) is 16.2. The van der Waals surface area contributed by atoms with Gasteiger partial charge in [0.15, 0.2) is 5.65 Å². The molecule has 0 radical (unpaired) electrons. The van der Waals surface area contributed by atoms with Crippen molar-refractivity contribution in [3.63, 3.8) is 0 Å². The minimum absolute atomic E-state index is 0.0342. The quantitative estimate of drug-likeness (QED) is 0.744. The van der Waals surface area contributed by atoms with Gasteiger partial charge in [0.05, 0.1) is 6.04 Å². The molecule has 0 bridgehead atoms. The highest BCUT2D eigenvalue weighted by Gasteiger charge is 2.38. The third-order valence-corrected chi connectivity index (χ3v) is 4.39. The number of rotatable bonds is 4. The lowest BCUT2D eigenvalue weighted by Crippen LogP contribution is -2.16. The monoisotopic (exact) mass is 367 g/mol. The zero-order valence-corrected chi connectivity index (χ0v) is 13.6. The van der Waals surface area contributed by atoms with Crippen LogP contribution in [0.1, 0.15) is 30.3 Å². The van der Waals surface area contributed by atoms with Gasteiger partial charge in [-0.05, 0) is 48.6 Å². The predicted molar refractivity (Wildman–Crippen MR) is 86.3 cm³/mol. The highest BCUT2D eigenvalue weighted by Crippen LogP contribution is 2.43.